The quantitative estimate of drug-likeness (QED) is 0.676. The van der Waals surface area contributed by atoms with Crippen LogP contribution in [0.1, 0.15) is 18.2 Å². The first kappa shape index (κ1) is 7.28. The van der Waals surface area contributed by atoms with E-state index in [1.807, 2.05) is 6.92 Å². The molecule has 0 saturated heterocycles. The lowest BCUT2D eigenvalue weighted by atomic mass is 10.2. The minimum absolute atomic E-state index is 0.138. The van der Waals surface area contributed by atoms with Gasteiger partial charge in [-0.3, -0.25) is 0 Å². The fourth-order valence-corrected chi connectivity index (χ4v) is 0.880. The van der Waals surface area contributed by atoms with Crippen LogP contribution in [-0.4, -0.2) is 16.9 Å². The molecule has 1 aromatic heterocycles. The van der Waals surface area contributed by atoms with Crippen molar-refractivity contribution in [3.8, 4) is 0 Å². The molecule has 10 heavy (non-hydrogen) atoms. The predicted octanol–water partition coefficient (Wildman–Crippen LogP) is 0.772. The Kier molecular flexibility index (Phi) is 2.45. The summed E-state index contributed by atoms with van der Waals surface area (Å²) in [6.07, 6.45) is 3.14. The van der Waals surface area contributed by atoms with Gasteiger partial charge in [-0.1, -0.05) is 12.1 Å². The molecule has 0 saturated carbocycles. The number of hydrogen-bond donors (Lipinski definition) is 1. The summed E-state index contributed by atoms with van der Waals surface area (Å²) in [6.45, 7) is 2.17. The molecule has 3 heteroatoms. The zero-order chi connectivity index (χ0) is 7.40. The third-order valence-corrected chi connectivity index (χ3v) is 1.46. The Labute approximate surface area is 59.7 Å². The zero-order valence-corrected chi connectivity index (χ0v) is 6.00. The minimum Gasteiger partial charge on any atom is -0.396 e. The van der Waals surface area contributed by atoms with Gasteiger partial charge in [0.15, 0.2) is 0 Å². The molecule has 1 aromatic rings. The van der Waals surface area contributed by atoms with Crippen molar-refractivity contribution >= 4 is 0 Å². The smallest absolute Gasteiger partial charge is 0.127 e. The molecule has 56 valence electrons. The number of rotatable bonds is 3. The lowest BCUT2D eigenvalue weighted by Gasteiger charge is -1.91. The second-order valence-corrected chi connectivity index (χ2v) is 2.11. The fourth-order valence-electron chi connectivity index (χ4n) is 0.880. The van der Waals surface area contributed by atoms with Gasteiger partial charge in [0.05, 0.1) is 5.69 Å². The maximum Gasteiger partial charge on any atom is 0.127 e. The molecule has 0 aliphatic carbocycles. The third kappa shape index (κ3) is 1.36. The van der Waals surface area contributed by atoms with Crippen LogP contribution in [0.5, 0.6) is 0 Å². The van der Waals surface area contributed by atoms with Crippen LogP contribution in [0.2, 0.25) is 0 Å². The van der Waals surface area contributed by atoms with E-state index in [4.69, 9.17) is 9.63 Å². The van der Waals surface area contributed by atoms with Gasteiger partial charge in [0.2, 0.25) is 0 Å². The first-order chi connectivity index (χ1) is 4.88. The Morgan fingerprint density at radius 1 is 1.70 bits per heavy atom. The Morgan fingerprint density at radius 2 is 2.50 bits per heavy atom. The maximum atomic E-state index is 8.58. The molecule has 1 heterocycles. The normalized spacial score (nSPS) is 10.2. The van der Waals surface area contributed by atoms with Crippen LogP contribution in [0.4, 0.5) is 0 Å². The van der Waals surface area contributed by atoms with Gasteiger partial charge in [-0.15, -0.1) is 0 Å². The number of aliphatic hydroxyl groups excluding tert-OH is 1. The van der Waals surface area contributed by atoms with E-state index >= 15 is 0 Å². The number of hydrogen-bond acceptors (Lipinski definition) is 3. The van der Waals surface area contributed by atoms with Crippen molar-refractivity contribution in [3.05, 3.63) is 17.5 Å². The number of nitrogens with zero attached hydrogens (tertiary/aromatic N) is 1. The van der Waals surface area contributed by atoms with E-state index in [2.05, 4.69) is 5.16 Å². The molecule has 0 aromatic carbocycles. The number of aromatic nitrogens is 1. The van der Waals surface area contributed by atoms with Crippen LogP contribution in [0.15, 0.2) is 10.8 Å². The van der Waals surface area contributed by atoms with Crippen LogP contribution >= 0.6 is 0 Å². The topological polar surface area (TPSA) is 46.3 Å². The summed E-state index contributed by atoms with van der Waals surface area (Å²) >= 11 is 0. The molecule has 1 N–H and O–H groups in total. The Hall–Kier alpha value is -0.830. The van der Waals surface area contributed by atoms with Crippen LogP contribution < -0.4 is 0 Å². The molecule has 0 fully saturated rings. The molecule has 0 aliphatic rings. The highest BCUT2D eigenvalue weighted by atomic mass is 16.5. The Balaban J connectivity index is 2.70. The summed E-state index contributed by atoms with van der Waals surface area (Å²) < 4.78 is 4.73. The van der Waals surface area contributed by atoms with Crippen molar-refractivity contribution in [1.29, 1.82) is 0 Å². The lowest BCUT2D eigenvalue weighted by molar-refractivity contribution is 0.294. The van der Waals surface area contributed by atoms with Gasteiger partial charge in [0.1, 0.15) is 6.26 Å². The molecule has 0 aliphatic heterocycles. The molecular weight excluding hydrogens is 130 g/mol. The van der Waals surface area contributed by atoms with Crippen molar-refractivity contribution in [2.45, 2.75) is 19.8 Å². The minimum atomic E-state index is 0.138. The average molecular weight is 141 g/mol. The number of aliphatic hydroxyl groups is 1. The Morgan fingerprint density at radius 3 is 3.10 bits per heavy atom. The second kappa shape index (κ2) is 3.37. The van der Waals surface area contributed by atoms with Gasteiger partial charge in [-0.05, 0) is 6.42 Å². The van der Waals surface area contributed by atoms with E-state index in [1.54, 1.807) is 6.26 Å². The monoisotopic (exact) mass is 141 g/mol. The van der Waals surface area contributed by atoms with E-state index < -0.39 is 0 Å². The lowest BCUT2D eigenvalue weighted by Crippen LogP contribution is -1.94. The van der Waals surface area contributed by atoms with Gasteiger partial charge < -0.3 is 9.63 Å². The van der Waals surface area contributed by atoms with E-state index in [-0.39, 0.29) is 6.61 Å². The highest BCUT2D eigenvalue weighted by Gasteiger charge is 2.03. The van der Waals surface area contributed by atoms with E-state index in [1.165, 1.54) is 0 Å². The predicted molar refractivity (Wildman–Crippen MR) is 36.7 cm³/mol. The molecule has 1 rings (SSSR count). The summed E-state index contributed by atoms with van der Waals surface area (Å²) in [5.41, 5.74) is 1.97. The van der Waals surface area contributed by atoms with Gasteiger partial charge >= 0.3 is 0 Å². The standard InChI is InChI=1S/C7H11NO2/c1-2-6-5-10-8-7(6)3-4-9/h5,9H,2-4H2,1H3. The van der Waals surface area contributed by atoms with Crippen LogP contribution in [-0.2, 0) is 12.8 Å². The SMILES string of the molecule is CCc1conc1CCO. The zero-order valence-electron chi connectivity index (χ0n) is 6.00. The van der Waals surface area contributed by atoms with Crippen molar-refractivity contribution in [3.63, 3.8) is 0 Å². The molecule has 0 radical (unpaired) electrons. The van der Waals surface area contributed by atoms with E-state index in [0.29, 0.717) is 6.42 Å². The van der Waals surface area contributed by atoms with Crippen molar-refractivity contribution in [2.24, 2.45) is 0 Å². The summed E-state index contributed by atoms with van der Waals surface area (Å²) in [5, 5.41) is 12.3. The van der Waals surface area contributed by atoms with Crippen LogP contribution in [0, 0.1) is 0 Å². The summed E-state index contributed by atoms with van der Waals surface area (Å²) in [4.78, 5) is 0. The molecule has 3 nitrogen and oxygen atoms in total. The summed E-state index contributed by atoms with van der Waals surface area (Å²) in [7, 11) is 0. The van der Waals surface area contributed by atoms with Crippen molar-refractivity contribution in [2.75, 3.05) is 6.61 Å². The van der Waals surface area contributed by atoms with Crippen molar-refractivity contribution < 1.29 is 9.63 Å². The molecule has 0 atom stereocenters. The second-order valence-electron chi connectivity index (χ2n) is 2.11. The fraction of sp³-hybridized carbons (Fsp3) is 0.571. The molecule has 0 bridgehead atoms. The molecule has 0 spiro atoms. The van der Waals surface area contributed by atoms with E-state index in [0.717, 1.165) is 17.7 Å². The highest BCUT2D eigenvalue weighted by Crippen LogP contribution is 2.06. The van der Waals surface area contributed by atoms with Gasteiger partial charge in [0.25, 0.3) is 0 Å². The maximum absolute atomic E-state index is 8.58. The van der Waals surface area contributed by atoms with Crippen LogP contribution in [0.25, 0.3) is 0 Å². The largest absolute Gasteiger partial charge is 0.396 e. The van der Waals surface area contributed by atoms with Gasteiger partial charge in [0, 0.05) is 18.6 Å². The van der Waals surface area contributed by atoms with Crippen LogP contribution in [0.3, 0.4) is 0 Å². The van der Waals surface area contributed by atoms with Gasteiger partial charge in [-0.2, -0.15) is 0 Å². The molecular formula is C7H11NO2. The molecule has 0 unspecified atom stereocenters. The average Bonchev–Trinajstić information content (AvgIpc) is 2.36. The summed E-state index contributed by atoms with van der Waals surface area (Å²) in [5.74, 6) is 0. The Bertz CT molecular complexity index is 195. The first-order valence-corrected chi connectivity index (χ1v) is 3.41. The first-order valence-electron chi connectivity index (χ1n) is 3.41. The highest BCUT2D eigenvalue weighted by molar-refractivity contribution is 5.14. The van der Waals surface area contributed by atoms with Gasteiger partial charge in [-0.25, -0.2) is 0 Å². The number of aryl methyl sites for hydroxylation is 1. The summed E-state index contributed by atoms with van der Waals surface area (Å²) in [6, 6.07) is 0. The molecule has 0 amide bonds. The third-order valence-electron chi connectivity index (χ3n) is 1.46. The van der Waals surface area contributed by atoms with E-state index in [9.17, 15) is 0 Å². The van der Waals surface area contributed by atoms with Crippen molar-refractivity contribution in [1.82, 2.24) is 5.16 Å².